The topological polar surface area (TPSA) is 160 Å². The molecule has 0 atom stereocenters. The molecule has 2 fully saturated rings. The number of carbonyl (C=O) groups excluding carboxylic acids is 3. The van der Waals surface area contributed by atoms with E-state index in [0.717, 1.165) is 133 Å². The van der Waals surface area contributed by atoms with Gasteiger partial charge in [-0.15, -0.1) is 12.4 Å². The molecule has 408 valence electrons. The minimum Gasteiger partial charge on any atom is -0.492 e. The molecule has 0 unspecified atom stereocenters. The van der Waals surface area contributed by atoms with Crippen LogP contribution in [0.2, 0.25) is 0 Å². The van der Waals surface area contributed by atoms with Crippen LogP contribution in [0, 0.1) is 55.4 Å². The van der Waals surface area contributed by atoms with E-state index in [9.17, 15) is 24.3 Å². The normalized spacial score (nSPS) is 14.4. The number of carboxylic acids is 1. The van der Waals surface area contributed by atoms with Crippen LogP contribution in [0.5, 0.6) is 23.0 Å². The Balaban J connectivity index is 0.000000321. The zero-order chi connectivity index (χ0) is 54.3. The average molecular weight is 1060 g/mol. The number of ketones is 2. The monoisotopic (exact) mass is 1050 g/mol. The van der Waals surface area contributed by atoms with E-state index in [2.05, 4.69) is 9.80 Å². The number of morpholine rings is 2. The fraction of sp³-hybridized carbons (Fsp3) is 0.467. The number of nitrogens with zero attached hydrogens (tertiary/aromatic N) is 2. The number of carbonyl (C=O) groups is 4. The second-order valence-corrected chi connectivity index (χ2v) is 20.1. The highest BCUT2D eigenvalue weighted by molar-refractivity contribution is 6.08. The van der Waals surface area contributed by atoms with Gasteiger partial charge in [-0.05, 0) is 206 Å². The van der Waals surface area contributed by atoms with E-state index < -0.39 is 23.1 Å². The van der Waals surface area contributed by atoms with Crippen LogP contribution in [0.4, 0.5) is 0 Å². The lowest BCUT2D eigenvalue weighted by atomic mass is 10.0. The SMILES string of the molecule is CCOC(=O)C(C)(C)Oc1c(C)cc(/C=C/C(=O)c2cc(C)c(OCCN3CCOCC3)c(C)c2)cc1C.Cc1cc(C(=O)/C=C/c2cc(C)c(OC(C)(C)C(=O)O)c(C)c2)cc(C)c1OCCN1CCOCC1.Cl. The first kappa shape index (κ1) is 61.5. The Morgan fingerprint density at radius 1 is 0.533 bits per heavy atom. The van der Waals surface area contributed by atoms with Gasteiger partial charge >= 0.3 is 11.9 Å². The quantitative estimate of drug-likeness (QED) is 0.0477. The summed E-state index contributed by atoms with van der Waals surface area (Å²) in [6, 6.07) is 15.1. The molecule has 0 saturated carbocycles. The Morgan fingerprint density at radius 2 is 0.853 bits per heavy atom. The van der Waals surface area contributed by atoms with E-state index in [1.807, 2.05) is 104 Å². The number of benzene rings is 4. The molecule has 0 radical (unpaired) electrons. The maximum atomic E-state index is 13.0. The van der Waals surface area contributed by atoms with Crippen LogP contribution in [0.1, 0.15) is 111 Å². The number of ether oxygens (including phenoxy) is 7. The highest BCUT2D eigenvalue weighted by Crippen LogP contribution is 2.32. The third-order valence-electron chi connectivity index (χ3n) is 12.8. The molecule has 6 rings (SSSR count). The molecular formula is C60H79ClN2O12. The molecule has 0 spiro atoms. The van der Waals surface area contributed by atoms with Crippen LogP contribution in [-0.4, -0.2) is 135 Å². The van der Waals surface area contributed by atoms with Crippen molar-refractivity contribution in [1.82, 2.24) is 9.80 Å². The number of esters is 1. The standard InChI is InChI=1S/C31H41NO6.C29H37NO6.ClH/c1-8-36-30(34)31(6,7)38-29-21(2)17-25(18-22(29)3)9-10-27(33)26-19-23(4)28(24(5)20-26)37-16-13-32-11-14-35-15-12-32;1-19-15-23(16-20(2)27(19)36-29(5,6)28(32)33)7-8-25(31)24-17-21(3)26(22(4)18-24)35-14-11-30-9-12-34-13-10-30;/h9-10,17-20H,8,11-16H2,1-7H3;7-8,15-18H,9-14H2,1-6H3,(H,32,33);1H/b10-9+;8-7+;. The number of hydrogen-bond acceptors (Lipinski definition) is 13. The maximum absolute atomic E-state index is 13.0. The molecule has 15 heteroatoms. The second kappa shape index (κ2) is 28.2. The number of hydrogen-bond donors (Lipinski definition) is 1. The Hall–Kier alpha value is -6.03. The van der Waals surface area contributed by atoms with Gasteiger partial charge in [0.1, 0.15) is 36.2 Å². The average Bonchev–Trinajstić information content (AvgIpc) is 3.34. The van der Waals surface area contributed by atoms with Crippen molar-refractivity contribution in [2.45, 2.75) is 101 Å². The summed E-state index contributed by atoms with van der Waals surface area (Å²) in [5, 5.41) is 9.36. The summed E-state index contributed by atoms with van der Waals surface area (Å²) >= 11 is 0. The van der Waals surface area contributed by atoms with Crippen molar-refractivity contribution in [2.75, 3.05) is 85.5 Å². The lowest BCUT2D eigenvalue weighted by molar-refractivity contribution is -0.158. The van der Waals surface area contributed by atoms with Crippen molar-refractivity contribution in [3.8, 4) is 23.0 Å². The predicted molar refractivity (Wildman–Crippen MR) is 297 cm³/mol. The summed E-state index contributed by atoms with van der Waals surface area (Å²) in [7, 11) is 0. The van der Waals surface area contributed by atoms with Crippen molar-refractivity contribution in [3.05, 3.63) is 127 Å². The lowest BCUT2D eigenvalue weighted by Gasteiger charge is -2.26. The molecule has 14 nitrogen and oxygen atoms in total. The number of rotatable bonds is 21. The molecule has 0 aromatic heterocycles. The lowest BCUT2D eigenvalue weighted by Crippen LogP contribution is -2.40. The van der Waals surface area contributed by atoms with Gasteiger partial charge in [0.25, 0.3) is 0 Å². The van der Waals surface area contributed by atoms with E-state index >= 15 is 0 Å². The first-order chi connectivity index (χ1) is 35.0. The van der Waals surface area contributed by atoms with E-state index in [1.54, 1.807) is 45.1 Å². The summed E-state index contributed by atoms with van der Waals surface area (Å²) in [6.45, 7) is 33.6. The first-order valence-corrected chi connectivity index (χ1v) is 25.5. The minimum absolute atomic E-state index is 0. The van der Waals surface area contributed by atoms with Gasteiger partial charge < -0.3 is 38.3 Å². The Morgan fingerprint density at radius 3 is 1.17 bits per heavy atom. The molecule has 2 aliphatic heterocycles. The van der Waals surface area contributed by atoms with Gasteiger partial charge in [-0.3, -0.25) is 19.4 Å². The summed E-state index contributed by atoms with van der Waals surface area (Å²) in [5.74, 6) is 1.24. The maximum Gasteiger partial charge on any atom is 0.349 e. The van der Waals surface area contributed by atoms with Crippen LogP contribution in [0.25, 0.3) is 12.2 Å². The minimum atomic E-state index is -1.34. The number of carboxylic acid groups (broad SMARTS) is 1. The smallest absolute Gasteiger partial charge is 0.349 e. The third-order valence-corrected chi connectivity index (χ3v) is 12.8. The van der Waals surface area contributed by atoms with Crippen molar-refractivity contribution in [2.24, 2.45) is 0 Å². The van der Waals surface area contributed by atoms with Gasteiger partial charge in [-0.1, -0.05) is 12.2 Å². The predicted octanol–water partition coefficient (Wildman–Crippen LogP) is 10.4. The molecule has 2 heterocycles. The number of aliphatic carboxylic acids is 1. The summed E-state index contributed by atoms with van der Waals surface area (Å²) in [6.07, 6.45) is 6.72. The summed E-state index contributed by atoms with van der Waals surface area (Å²) in [4.78, 5) is 54.2. The van der Waals surface area contributed by atoms with Gasteiger partial charge in [0.2, 0.25) is 0 Å². The van der Waals surface area contributed by atoms with Crippen LogP contribution in [0.15, 0.2) is 60.7 Å². The molecule has 0 aliphatic carbocycles. The fourth-order valence-electron chi connectivity index (χ4n) is 8.76. The molecule has 2 aliphatic rings. The Labute approximate surface area is 450 Å². The van der Waals surface area contributed by atoms with Gasteiger partial charge in [0, 0.05) is 50.4 Å². The largest absolute Gasteiger partial charge is 0.492 e. The summed E-state index contributed by atoms with van der Waals surface area (Å²) in [5.41, 5.74) is 7.64. The molecular weight excluding hydrogens is 976 g/mol. The van der Waals surface area contributed by atoms with Crippen molar-refractivity contribution >= 4 is 48.1 Å². The molecule has 0 amide bonds. The number of allylic oxidation sites excluding steroid dienone is 2. The fourth-order valence-corrected chi connectivity index (χ4v) is 8.76. The number of aryl methyl sites for hydroxylation is 8. The zero-order valence-corrected chi connectivity index (χ0v) is 47.2. The summed E-state index contributed by atoms with van der Waals surface area (Å²) < 4.78 is 39.9. The van der Waals surface area contributed by atoms with E-state index in [4.69, 9.17) is 33.2 Å². The van der Waals surface area contributed by atoms with Crippen LogP contribution in [-0.2, 0) is 23.8 Å². The first-order valence-electron chi connectivity index (χ1n) is 25.5. The molecule has 1 N–H and O–H groups in total. The van der Waals surface area contributed by atoms with Crippen molar-refractivity contribution in [1.29, 1.82) is 0 Å². The zero-order valence-electron chi connectivity index (χ0n) is 46.4. The van der Waals surface area contributed by atoms with Crippen LogP contribution < -0.4 is 18.9 Å². The van der Waals surface area contributed by atoms with E-state index in [0.29, 0.717) is 42.4 Å². The molecule has 4 aromatic carbocycles. The van der Waals surface area contributed by atoms with Gasteiger partial charge in [0.15, 0.2) is 22.8 Å². The van der Waals surface area contributed by atoms with Gasteiger partial charge in [0.05, 0.1) is 33.0 Å². The molecule has 2 saturated heterocycles. The van der Waals surface area contributed by atoms with Crippen LogP contribution >= 0.6 is 12.4 Å². The van der Waals surface area contributed by atoms with Gasteiger partial charge in [-0.25, -0.2) is 9.59 Å². The van der Waals surface area contributed by atoms with Gasteiger partial charge in [-0.2, -0.15) is 0 Å². The van der Waals surface area contributed by atoms with Crippen molar-refractivity contribution in [3.63, 3.8) is 0 Å². The third kappa shape index (κ3) is 17.8. The second-order valence-electron chi connectivity index (χ2n) is 20.1. The van der Waals surface area contributed by atoms with Crippen LogP contribution in [0.3, 0.4) is 0 Å². The molecule has 0 bridgehead atoms. The van der Waals surface area contributed by atoms with E-state index in [-0.39, 0.29) is 24.0 Å². The van der Waals surface area contributed by atoms with E-state index in [1.165, 1.54) is 13.8 Å². The Bertz CT molecular complexity index is 2600. The number of halogens is 1. The Kier molecular flexibility index (Phi) is 23.1. The molecule has 75 heavy (non-hydrogen) atoms. The molecule has 4 aromatic rings. The van der Waals surface area contributed by atoms with Crippen molar-refractivity contribution < 1.29 is 57.4 Å². The highest BCUT2D eigenvalue weighted by atomic mass is 35.5. The highest BCUT2D eigenvalue weighted by Gasteiger charge is 2.33.